The van der Waals surface area contributed by atoms with Crippen LogP contribution in [-0.4, -0.2) is 22.2 Å². The molecule has 0 bridgehead atoms. The molecule has 0 aliphatic rings. The van der Waals surface area contributed by atoms with Gasteiger partial charge in [-0.1, -0.05) is 36.4 Å². The second kappa shape index (κ2) is 6.69. The quantitative estimate of drug-likeness (QED) is 0.768. The number of hydrogen-bond donors (Lipinski definition) is 2. The Morgan fingerprint density at radius 2 is 1.92 bits per heavy atom. The fourth-order valence-electron chi connectivity index (χ4n) is 2.75. The van der Waals surface area contributed by atoms with E-state index in [4.69, 9.17) is 5.73 Å². The van der Waals surface area contributed by atoms with E-state index in [1.54, 1.807) is 17.1 Å². The summed E-state index contributed by atoms with van der Waals surface area (Å²) in [6, 6.07) is 14.0. The van der Waals surface area contributed by atoms with Gasteiger partial charge in [-0.2, -0.15) is 5.10 Å². The van der Waals surface area contributed by atoms with E-state index in [0.29, 0.717) is 12.1 Å². The van der Waals surface area contributed by atoms with Crippen molar-refractivity contribution >= 4 is 16.7 Å². The minimum atomic E-state index is -0.241. The highest BCUT2D eigenvalue weighted by Crippen LogP contribution is 2.21. The third-order valence-corrected chi connectivity index (χ3v) is 4.25. The maximum absolute atomic E-state index is 12.6. The van der Waals surface area contributed by atoms with Crippen molar-refractivity contribution in [1.29, 1.82) is 0 Å². The van der Waals surface area contributed by atoms with Gasteiger partial charge in [-0.3, -0.25) is 9.48 Å². The van der Waals surface area contributed by atoms with Crippen LogP contribution in [0, 0.1) is 0 Å². The first-order valence-corrected chi connectivity index (χ1v) is 8.43. The number of nitrogens with one attached hydrogen (secondary N) is 1. The number of aromatic nitrogens is 2. The molecule has 1 heterocycles. The Labute approximate surface area is 147 Å². The Morgan fingerprint density at radius 3 is 2.56 bits per heavy atom. The molecule has 3 aromatic rings. The lowest BCUT2D eigenvalue weighted by Gasteiger charge is -2.19. The topological polar surface area (TPSA) is 72.9 Å². The highest BCUT2D eigenvalue weighted by atomic mass is 16.1. The van der Waals surface area contributed by atoms with E-state index in [2.05, 4.69) is 34.7 Å². The van der Waals surface area contributed by atoms with Crippen molar-refractivity contribution in [1.82, 2.24) is 15.1 Å². The van der Waals surface area contributed by atoms with Crippen molar-refractivity contribution in [3.8, 4) is 0 Å². The molecule has 1 atom stereocenters. The first-order valence-electron chi connectivity index (χ1n) is 8.43. The zero-order chi connectivity index (χ0) is 18.0. The molecule has 130 valence electrons. The Morgan fingerprint density at radius 1 is 1.20 bits per heavy atom. The molecule has 3 N–H and O–H groups in total. The largest absolute Gasteiger partial charge is 0.344 e. The van der Waals surface area contributed by atoms with Crippen molar-refractivity contribution in [3.63, 3.8) is 0 Å². The third kappa shape index (κ3) is 3.72. The van der Waals surface area contributed by atoms with E-state index >= 15 is 0 Å². The number of carbonyl (C=O) groups excluding carboxylic acids is 1. The van der Waals surface area contributed by atoms with E-state index < -0.39 is 0 Å². The summed E-state index contributed by atoms with van der Waals surface area (Å²) in [6.45, 7) is 6.45. The molecule has 0 saturated carbocycles. The summed E-state index contributed by atoms with van der Waals surface area (Å²) in [5.74, 6) is -0.167. The molecule has 25 heavy (non-hydrogen) atoms. The fraction of sp³-hybridized carbons (Fsp3) is 0.300. The molecule has 0 saturated heterocycles. The molecule has 1 unspecified atom stereocenters. The van der Waals surface area contributed by atoms with Gasteiger partial charge in [-0.05, 0) is 43.2 Å². The van der Waals surface area contributed by atoms with Crippen molar-refractivity contribution in [2.75, 3.05) is 6.54 Å². The zero-order valence-electron chi connectivity index (χ0n) is 14.9. The van der Waals surface area contributed by atoms with Crippen molar-refractivity contribution in [3.05, 3.63) is 66.0 Å². The smallest absolute Gasteiger partial charge is 0.254 e. The van der Waals surface area contributed by atoms with Crippen LogP contribution in [0.3, 0.4) is 0 Å². The van der Waals surface area contributed by atoms with E-state index in [9.17, 15) is 4.79 Å². The number of fused-ring (bicyclic) bond motifs is 1. The van der Waals surface area contributed by atoms with Crippen molar-refractivity contribution in [2.45, 2.75) is 32.4 Å². The van der Waals surface area contributed by atoms with Crippen molar-refractivity contribution in [2.24, 2.45) is 5.73 Å². The molecule has 0 fully saturated rings. The van der Waals surface area contributed by atoms with E-state index in [0.717, 1.165) is 10.9 Å². The molecule has 0 radical (unpaired) electrons. The summed E-state index contributed by atoms with van der Waals surface area (Å²) in [7, 11) is 0. The number of rotatable bonds is 4. The minimum absolute atomic E-state index is 0.163. The molecule has 5 nitrogen and oxygen atoms in total. The molecule has 0 aliphatic carbocycles. The number of amides is 1. The van der Waals surface area contributed by atoms with Crippen LogP contribution < -0.4 is 11.1 Å². The first kappa shape index (κ1) is 17.2. The Hall–Kier alpha value is -2.66. The van der Waals surface area contributed by atoms with Gasteiger partial charge in [0.2, 0.25) is 0 Å². The molecule has 3 rings (SSSR count). The lowest BCUT2D eigenvalue weighted by atomic mass is 10.0. The minimum Gasteiger partial charge on any atom is -0.344 e. The van der Waals surface area contributed by atoms with Gasteiger partial charge in [0.15, 0.2) is 0 Å². The highest BCUT2D eigenvalue weighted by molar-refractivity contribution is 5.94. The Bertz CT molecular complexity index is 892. The third-order valence-electron chi connectivity index (χ3n) is 4.25. The van der Waals surface area contributed by atoms with E-state index in [1.165, 1.54) is 5.39 Å². The van der Waals surface area contributed by atoms with Gasteiger partial charge in [-0.15, -0.1) is 0 Å². The summed E-state index contributed by atoms with van der Waals surface area (Å²) in [5, 5.41) is 9.59. The van der Waals surface area contributed by atoms with Crippen LogP contribution in [-0.2, 0) is 5.54 Å². The second-order valence-corrected chi connectivity index (χ2v) is 7.21. The van der Waals surface area contributed by atoms with Crippen LogP contribution in [0.15, 0.2) is 54.9 Å². The van der Waals surface area contributed by atoms with Gasteiger partial charge in [0, 0.05) is 12.7 Å². The lowest BCUT2D eigenvalue weighted by molar-refractivity contribution is 0.0937. The number of carbonyl (C=O) groups is 1. The van der Waals surface area contributed by atoms with Gasteiger partial charge >= 0.3 is 0 Å². The van der Waals surface area contributed by atoms with E-state index in [1.807, 2.05) is 39.0 Å². The highest BCUT2D eigenvalue weighted by Gasteiger charge is 2.19. The van der Waals surface area contributed by atoms with Crippen LogP contribution >= 0.6 is 0 Å². The summed E-state index contributed by atoms with van der Waals surface area (Å²) >= 11 is 0. The number of nitrogens with two attached hydrogens (primary N) is 1. The molecule has 2 aromatic carbocycles. The lowest BCUT2D eigenvalue weighted by Crippen LogP contribution is -2.33. The summed E-state index contributed by atoms with van der Waals surface area (Å²) in [4.78, 5) is 12.6. The number of benzene rings is 2. The fourth-order valence-corrected chi connectivity index (χ4v) is 2.75. The van der Waals surface area contributed by atoms with Crippen LogP contribution in [0.1, 0.15) is 42.7 Å². The SMILES string of the molecule is CC(C)(C)n1cc(C(=O)NC(CN)c2ccc3ccccc3c2)cn1. The van der Waals surface area contributed by atoms with Crippen LogP contribution in [0.25, 0.3) is 10.8 Å². The number of hydrogen-bond acceptors (Lipinski definition) is 3. The molecule has 0 aliphatic heterocycles. The first-order chi connectivity index (χ1) is 11.9. The Kier molecular flexibility index (Phi) is 4.59. The number of nitrogens with zero attached hydrogens (tertiary/aromatic N) is 2. The average Bonchev–Trinajstić information content (AvgIpc) is 3.09. The van der Waals surface area contributed by atoms with Gasteiger partial charge in [-0.25, -0.2) is 0 Å². The molecular formula is C20H24N4O. The average molecular weight is 336 g/mol. The Balaban J connectivity index is 1.81. The van der Waals surface area contributed by atoms with Gasteiger partial charge in [0.1, 0.15) is 0 Å². The predicted molar refractivity (Wildman–Crippen MR) is 100 cm³/mol. The maximum atomic E-state index is 12.6. The van der Waals surface area contributed by atoms with Gasteiger partial charge in [0.05, 0.1) is 23.3 Å². The second-order valence-electron chi connectivity index (χ2n) is 7.21. The van der Waals surface area contributed by atoms with Crippen LogP contribution in [0.4, 0.5) is 0 Å². The zero-order valence-corrected chi connectivity index (χ0v) is 14.9. The molecular weight excluding hydrogens is 312 g/mol. The van der Waals surface area contributed by atoms with Gasteiger partial charge in [0.25, 0.3) is 5.91 Å². The molecule has 5 heteroatoms. The van der Waals surface area contributed by atoms with Crippen LogP contribution in [0.5, 0.6) is 0 Å². The molecule has 1 aromatic heterocycles. The van der Waals surface area contributed by atoms with Gasteiger partial charge < -0.3 is 11.1 Å². The van der Waals surface area contributed by atoms with Crippen molar-refractivity contribution < 1.29 is 4.79 Å². The van der Waals surface area contributed by atoms with Crippen LogP contribution in [0.2, 0.25) is 0 Å². The normalized spacial score (nSPS) is 13.0. The standard InChI is InChI=1S/C20H24N4O/c1-20(2,3)24-13-17(12-22-24)19(25)23-18(11-21)16-9-8-14-6-4-5-7-15(14)10-16/h4-10,12-13,18H,11,21H2,1-3H3,(H,23,25). The predicted octanol–water partition coefficient (Wildman–Crippen LogP) is 3.22. The summed E-state index contributed by atoms with van der Waals surface area (Å²) in [6.07, 6.45) is 3.36. The molecule has 1 amide bonds. The maximum Gasteiger partial charge on any atom is 0.254 e. The van der Waals surface area contributed by atoms with E-state index in [-0.39, 0.29) is 17.5 Å². The molecule has 0 spiro atoms. The summed E-state index contributed by atoms with van der Waals surface area (Å²) in [5.41, 5.74) is 7.29. The monoisotopic (exact) mass is 336 g/mol. The summed E-state index contributed by atoms with van der Waals surface area (Å²) < 4.78 is 1.79.